The molecule has 0 atom stereocenters. The minimum Gasteiger partial charge on any atom is -0.376 e. The number of nitrogens with zero attached hydrogens (tertiary/aromatic N) is 3. The first kappa shape index (κ1) is 13.8. The van der Waals surface area contributed by atoms with E-state index in [0.717, 1.165) is 10.7 Å². The molecule has 0 saturated carbocycles. The smallest absolute Gasteiger partial charge is 0.284 e. The van der Waals surface area contributed by atoms with Crippen molar-refractivity contribution in [3.05, 3.63) is 37.1 Å². The van der Waals surface area contributed by atoms with Crippen LogP contribution >= 0.6 is 27.3 Å². The predicted octanol–water partition coefficient (Wildman–Crippen LogP) is 2.02. The van der Waals surface area contributed by atoms with Crippen LogP contribution in [0.2, 0.25) is 0 Å². The molecule has 0 aliphatic carbocycles. The summed E-state index contributed by atoms with van der Waals surface area (Å²) in [5.74, 6) is 2.38. The molecule has 0 bridgehead atoms. The van der Waals surface area contributed by atoms with Gasteiger partial charge in [0.15, 0.2) is 0 Å². The van der Waals surface area contributed by atoms with Gasteiger partial charge in [-0.1, -0.05) is 5.92 Å². The molecule has 7 heteroatoms. The minimum absolute atomic E-state index is 0.156. The lowest BCUT2D eigenvalue weighted by Gasteiger charge is -2.07. The Labute approximate surface area is 122 Å². The average Bonchev–Trinajstić information content (AvgIpc) is 2.80. The molecule has 0 spiro atoms. The molecule has 0 amide bonds. The zero-order chi connectivity index (χ0) is 13.8. The molecule has 0 unspecified atom stereocenters. The third-order valence-corrected chi connectivity index (χ3v) is 4.06. The summed E-state index contributed by atoms with van der Waals surface area (Å²) in [5.41, 5.74) is 1.37. The number of nitrogens with one attached hydrogen (secondary N) is 1. The van der Waals surface area contributed by atoms with Crippen molar-refractivity contribution in [2.24, 2.45) is 0 Å². The molecule has 19 heavy (non-hydrogen) atoms. The minimum atomic E-state index is -0.252. The second-order valence-electron chi connectivity index (χ2n) is 3.78. The first-order valence-corrected chi connectivity index (χ1v) is 7.13. The van der Waals surface area contributed by atoms with E-state index in [-0.39, 0.29) is 12.1 Å². The van der Waals surface area contributed by atoms with E-state index in [0.29, 0.717) is 16.7 Å². The van der Waals surface area contributed by atoms with Crippen molar-refractivity contribution in [2.45, 2.75) is 20.0 Å². The zero-order valence-electron chi connectivity index (χ0n) is 10.2. The Balaban J connectivity index is 2.16. The molecule has 0 saturated heterocycles. The van der Waals surface area contributed by atoms with Crippen molar-refractivity contribution in [1.82, 2.24) is 14.8 Å². The Morgan fingerprint density at radius 2 is 2.42 bits per heavy atom. The Bertz CT molecular complexity index is 686. The van der Waals surface area contributed by atoms with Gasteiger partial charge >= 0.3 is 0 Å². The average molecular weight is 339 g/mol. The number of hydrogen-bond donors (Lipinski definition) is 1. The fourth-order valence-corrected chi connectivity index (χ4v) is 2.60. The molecule has 0 fully saturated rings. The summed E-state index contributed by atoms with van der Waals surface area (Å²) >= 11 is 4.83. The number of thiazole rings is 1. The highest BCUT2D eigenvalue weighted by atomic mass is 79.9. The van der Waals surface area contributed by atoms with Gasteiger partial charge in [-0.05, 0) is 22.9 Å². The summed E-state index contributed by atoms with van der Waals surface area (Å²) in [7, 11) is 0. The predicted molar refractivity (Wildman–Crippen MR) is 79.2 cm³/mol. The van der Waals surface area contributed by atoms with E-state index >= 15 is 0 Å². The number of aryl methyl sites for hydroxylation is 1. The molecule has 2 rings (SSSR count). The van der Waals surface area contributed by atoms with Gasteiger partial charge in [-0.2, -0.15) is 5.10 Å². The first-order valence-electron chi connectivity index (χ1n) is 5.45. The van der Waals surface area contributed by atoms with Gasteiger partial charge in [0, 0.05) is 11.1 Å². The molecule has 0 aromatic carbocycles. The van der Waals surface area contributed by atoms with E-state index in [1.165, 1.54) is 4.68 Å². The normalized spacial score (nSPS) is 10.2. The van der Waals surface area contributed by atoms with Gasteiger partial charge in [-0.3, -0.25) is 4.79 Å². The number of terminal acetylenes is 1. The van der Waals surface area contributed by atoms with Crippen LogP contribution in [0.3, 0.4) is 0 Å². The Morgan fingerprint density at radius 3 is 3.05 bits per heavy atom. The maximum absolute atomic E-state index is 11.9. The van der Waals surface area contributed by atoms with Crippen molar-refractivity contribution in [3.63, 3.8) is 0 Å². The number of hydrogen-bond acceptors (Lipinski definition) is 5. The first-order chi connectivity index (χ1) is 9.11. The van der Waals surface area contributed by atoms with Crippen LogP contribution in [0.1, 0.15) is 10.7 Å². The van der Waals surface area contributed by atoms with Crippen LogP contribution in [-0.4, -0.2) is 14.8 Å². The second kappa shape index (κ2) is 5.99. The van der Waals surface area contributed by atoms with Crippen LogP contribution in [0, 0.1) is 19.3 Å². The van der Waals surface area contributed by atoms with E-state index < -0.39 is 0 Å². The van der Waals surface area contributed by atoms with Crippen LogP contribution in [0.25, 0.3) is 0 Å². The number of halogens is 1. The van der Waals surface area contributed by atoms with Crippen molar-refractivity contribution >= 4 is 33.0 Å². The third kappa shape index (κ3) is 3.22. The molecule has 5 nitrogen and oxygen atoms in total. The van der Waals surface area contributed by atoms with Crippen LogP contribution < -0.4 is 10.9 Å². The monoisotopic (exact) mass is 338 g/mol. The van der Waals surface area contributed by atoms with Gasteiger partial charge in [0.05, 0.1) is 18.4 Å². The number of anilines is 1. The fraction of sp³-hybridized carbons (Fsp3) is 0.250. The summed E-state index contributed by atoms with van der Waals surface area (Å²) in [5, 5.41) is 10.1. The lowest BCUT2D eigenvalue weighted by atomic mass is 10.4. The standard InChI is InChI=1S/C12H11BrN4OS/c1-3-4-17-12(18)11(13)9(5-15-17)14-6-10-16-8(2)7-19-10/h1,5,7,14H,4,6H2,2H3. The maximum atomic E-state index is 11.9. The summed E-state index contributed by atoms with van der Waals surface area (Å²) in [6.45, 7) is 2.65. The Morgan fingerprint density at radius 1 is 1.63 bits per heavy atom. The summed E-state index contributed by atoms with van der Waals surface area (Å²) in [6.07, 6.45) is 6.74. The fourth-order valence-electron chi connectivity index (χ4n) is 1.44. The molecule has 0 aliphatic rings. The van der Waals surface area contributed by atoms with E-state index in [4.69, 9.17) is 6.42 Å². The molecule has 1 N–H and O–H groups in total. The van der Waals surface area contributed by atoms with Crippen LogP contribution in [-0.2, 0) is 13.1 Å². The molecule has 0 radical (unpaired) electrons. The van der Waals surface area contributed by atoms with Crippen molar-refractivity contribution in [3.8, 4) is 12.3 Å². The molecule has 2 aromatic rings. The van der Waals surface area contributed by atoms with Crippen LogP contribution in [0.15, 0.2) is 20.8 Å². The number of rotatable bonds is 4. The van der Waals surface area contributed by atoms with Gasteiger partial charge in [0.1, 0.15) is 16.0 Å². The SMILES string of the molecule is C#CCn1ncc(NCc2nc(C)cs2)c(Br)c1=O. The molecular weight excluding hydrogens is 328 g/mol. The zero-order valence-corrected chi connectivity index (χ0v) is 12.6. The second-order valence-corrected chi connectivity index (χ2v) is 5.51. The quantitative estimate of drug-likeness (QED) is 0.866. The maximum Gasteiger partial charge on any atom is 0.284 e. The number of aromatic nitrogens is 3. The third-order valence-electron chi connectivity index (χ3n) is 2.32. The van der Waals surface area contributed by atoms with E-state index in [1.54, 1.807) is 17.5 Å². The van der Waals surface area contributed by atoms with Gasteiger partial charge in [0.25, 0.3) is 5.56 Å². The molecular formula is C12H11BrN4OS. The van der Waals surface area contributed by atoms with E-state index in [9.17, 15) is 4.79 Å². The van der Waals surface area contributed by atoms with Gasteiger partial charge in [0.2, 0.25) is 0 Å². The summed E-state index contributed by atoms with van der Waals surface area (Å²) in [6, 6.07) is 0. The van der Waals surface area contributed by atoms with E-state index in [2.05, 4.69) is 37.2 Å². The van der Waals surface area contributed by atoms with Crippen LogP contribution in [0.4, 0.5) is 5.69 Å². The highest BCUT2D eigenvalue weighted by Gasteiger charge is 2.08. The van der Waals surface area contributed by atoms with Crippen molar-refractivity contribution < 1.29 is 0 Å². The lowest BCUT2D eigenvalue weighted by molar-refractivity contribution is 0.659. The summed E-state index contributed by atoms with van der Waals surface area (Å²) in [4.78, 5) is 16.2. The highest BCUT2D eigenvalue weighted by molar-refractivity contribution is 9.10. The van der Waals surface area contributed by atoms with Gasteiger partial charge in [-0.15, -0.1) is 17.8 Å². The van der Waals surface area contributed by atoms with Gasteiger partial charge in [-0.25, -0.2) is 9.67 Å². The van der Waals surface area contributed by atoms with Crippen LogP contribution in [0.5, 0.6) is 0 Å². The molecule has 0 aliphatic heterocycles. The Kier molecular flexibility index (Phi) is 4.35. The molecule has 98 valence electrons. The molecule has 2 aromatic heterocycles. The topological polar surface area (TPSA) is 59.8 Å². The van der Waals surface area contributed by atoms with Gasteiger partial charge < -0.3 is 5.32 Å². The Hall–Kier alpha value is -1.65. The van der Waals surface area contributed by atoms with E-state index in [1.807, 2.05) is 12.3 Å². The van der Waals surface area contributed by atoms with Crippen molar-refractivity contribution in [2.75, 3.05) is 5.32 Å². The van der Waals surface area contributed by atoms with Crippen molar-refractivity contribution in [1.29, 1.82) is 0 Å². The largest absolute Gasteiger partial charge is 0.376 e. The highest BCUT2D eigenvalue weighted by Crippen LogP contribution is 2.18. The molecule has 2 heterocycles. The summed E-state index contributed by atoms with van der Waals surface area (Å²) < 4.78 is 1.65. The lowest BCUT2D eigenvalue weighted by Crippen LogP contribution is -2.24.